The maximum absolute atomic E-state index is 13.7. The summed E-state index contributed by atoms with van der Waals surface area (Å²) in [6, 6.07) is 8.11. The smallest absolute Gasteiger partial charge is 0.308 e. The van der Waals surface area contributed by atoms with Gasteiger partial charge < -0.3 is 5.32 Å². The molecule has 0 heterocycles. The van der Waals surface area contributed by atoms with Crippen molar-refractivity contribution in [2.24, 2.45) is 0 Å². The Morgan fingerprint density at radius 2 is 1.64 bits per heavy atom. The second-order valence-electron chi connectivity index (χ2n) is 5.54. The Morgan fingerprint density at radius 3 is 2.21 bits per heavy atom. The minimum atomic E-state index is -5.45. The molecule has 0 aliphatic rings. The topological polar surface area (TPSA) is 58.2 Å². The molecule has 3 amide bonds. The Balaban J connectivity index is 2.14. The van der Waals surface area contributed by atoms with Gasteiger partial charge in [-0.15, -0.1) is 0 Å². The van der Waals surface area contributed by atoms with Gasteiger partial charge in [0, 0.05) is 11.3 Å². The van der Waals surface area contributed by atoms with Crippen LogP contribution in [0, 0.1) is 6.92 Å². The van der Waals surface area contributed by atoms with Crippen LogP contribution in [0.1, 0.15) is 21.5 Å². The zero-order chi connectivity index (χ0) is 21.1. The van der Waals surface area contributed by atoms with Crippen LogP contribution in [0.4, 0.5) is 32.4 Å². The van der Waals surface area contributed by atoms with E-state index in [0.717, 1.165) is 18.2 Å². The van der Waals surface area contributed by atoms with Gasteiger partial charge in [0.05, 0.1) is 10.6 Å². The van der Waals surface area contributed by atoms with Crippen molar-refractivity contribution in [2.75, 3.05) is 5.32 Å². The fraction of sp³-hybridized carbons (Fsp3) is 0.111. The Hall–Kier alpha value is -2.94. The number of hydrogen-bond acceptors (Lipinski definition) is 2. The van der Waals surface area contributed by atoms with Crippen LogP contribution < -0.4 is 10.6 Å². The monoisotopic (exact) mass is 418 g/mol. The van der Waals surface area contributed by atoms with Crippen molar-refractivity contribution in [1.82, 2.24) is 5.32 Å². The highest BCUT2D eigenvalue weighted by Crippen LogP contribution is 2.35. The van der Waals surface area contributed by atoms with Crippen LogP contribution in [0.2, 0.25) is 5.02 Å². The first-order valence-corrected chi connectivity index (χ1v) is 7.99. The highest BCUT2D eigenvalue weighted by molar-refractivity contribution is 6.34. The lowest BCUT2D eigenvalue weighted by Gasteiger charge is -2.11. The minimum absolute atomic E-state index is 0.0472. The first-order chi connectivity index (χ1) is 13.0. The lowest BCUT2D eigenvalue weighted by Crippen LogP contribution is -2.34. The largest absolute Gasteiger partial charge is 0.445 e. The van der Waals surface area contributed by atoms with E-state index in [2.05, 4.69) is 5.32 Å². The van der Waals surface area contributed by atoms with Gasteiger partial charge in [0.15, 0.2) is 5.83 Å². The Bertz CT molecular complexity index is 957. The van der Waals surface area contributed by atoms with Crippen molar-refractivity contribution in [3.8, 4) is 0 Å². The third kappa shape index (κ3) is 5.07. The van der Waals surface area contributed by atoms with Crippen molar-refractivity contribution in [3.63, 3.8) is 0 Å². The van der Waals surface area contributed by atoms with Crippen molar-refractivity contribution >= 4 is 35.1 Å². The molecule has 0 saturated carbocycles. The molecule has 0 spiro atoms. The number of hydrogen-bond donors (Lipinski definition) is 2. The van der Waals surface area contributed by atoms with Crippen molar-refractivity contribution < 1.29 is 31.5 Å². The van der Waals surface area contributed by atoms with E-state index in [0.29, 0.717) is 0 Å². The van der Waals surface area contributed by atoms with Crippen molar-refractivity contribution in [3.05, 3.63) is 70.0 Å². The molecule has 0 unspecified atom stereocenters. The lowest BCUT2D eigenvalue weighted by atomic mass is 10.1. The number of imide groups is 1. The van der Waals surface area contributed by atoms with Gasteiger partial charge in [-0.2, -0.15) is 17.6 Å². The van der Waals surface area contributed by atoms with E-state index in [1.54, 1.807) is 12.1 Å². The van der Waals surface area contributed by atoms with Crippen LogP contribution in [0.5, 0.6) is 0 Å². The van der Waals surface area contributed by atoms with E-state index >= 15 is 0 Å². The number of alkyl halides is 3. The molecule has 0 fully saturated rings. The summed E-state index contributed by atoms with van der Waals surface area (Å²) in [5, 5.41) is 4.40. The van der Waals surface area contributed by atoms with Crippen LogP contribution in [0.25, 0.3) is 5.83 Å². The van der Waals surface area contributed by atoms with E-state index in [9.17, 15) is 31.5 Å². The SMILES string of the molecule is Cc1cc(NC(=O)NC(=O)c2ccccc2Cl)ccc1/C(F)=C(\F)C(F)(F)F. The summed E-state index contributed by atoms with van der Waals surface area (Å²) in [5.74, 6) is -5.69. The normalized spacial score (nSPS) is 12.2. The quantitative estimate of drug-likeness (QED) is 0.621. The Morgan fingerprint density at radius 1 is 1.00 bits per heavy atom. The zero-order valence-corrected chi connectivity index (χ0v) is 14.9. The van der Waals surface area contributed by atoms with Crippen LogP contribution in [0.3, 0.4) is 0 Å². The number of nitrogens with one attached hydrogen (secondary N) is 2. The van der Waals surface area contributed by atoms with Gasteiger partial charge in [-0.05, 0) is 42.8 Å². The van der Waals surface area contributed by atoms with E-state index < -0.39 is 35.3 Å². The maximum Gasteiger partial charge on any atom is 0.445 e. The molecule has 0 radical (unpaired) electrons. The van der Waals surface area contributed by atoms with Crippen LogP contribution >= 0.6 is 11.6 Å². The zero-order valence-electron chi connectivity index (χ0n) is 14.1. The Labute approximate surface area is 161 Å². The second-order valence-corrected chi connectivity index (χ2v) is 5.95. The summed E-state index contributed by atoms with van der Waals surface area (Å²) in [6.07, 6.45) is -5.45. The summed E-state index contributed by atoms with van der Waals surface area (Å²) in [5.41, 5.74) is -0.577. The molecule has 148 valence electrons. The summed E-state index contributed by atoms with van der Waals surface area (Å²) in [6.45, 7) is 1.23. The van der Waals surface area contributed by atoms with Crippen LogP contribution in [-0.2, 0) is 0 Å². The minimum Gasteiger partial charge on any atom is -0.308 e. The second kappa shape index (κ2) is 8.39. The highest BCUT2D eigenvalue weighted by Gasteiger charge is 2.38. The molecule has 10 heteroatoms. The molecular formula is C18H12ClF5N2O2. The summed E-state index contributed by atoms with van der Waals surface area (Å²) in [4.78, 5) is 23.9. The van der Waals surface area contributed by atoms with Gasteiger partial charge in [0.25, 0.3) is 5.91 Å². The van der Waals surface area contributed by atoms with Gasteiger partial charge in [-0.1, -0.05) is 23.7 Å². The number of urea groups is 1. The molecule has 4 nitrogen and oxygen atoms in total. The lowest BCUT2D eigenvalue weighted by molar-refractivity contribution is -0.108. The van der Waals surface area contributed by atoms with Gasteiger partial charge in [0.1, 0.15) is 0 Å². The van der Waals surface area contributed by atoms with E-state index in [-0.39, 0.29) is 21.8 Å². The number of amides is 3. The van der Waals surface area contributed by atoms with E-state index in [1.807, 2.05) is 5.32 Å². The van der Waals surface area contributed by atoms with Crippen LogP contribution in [0.15, 0.2) is 48.3 Å². The summed E-state index contributed by atoms with van der Waals surface area (Å²) in [7, 11) is 0. The molecular weight excluding hydrogens is 407 g/mol. The molecule has 2 N–H and O–H groups in total. The van der Waals surface area contributed by atoms with Crippen LogP contribution in [-0.4, -0.2) is 18.1 Å². The molecule has 0 aliphatic carbocycles. The van der Waals surface area contributed by atoms with E-state index in [4.69, 9.17) is 11.6 Å². The average molecular weight is 419 g/mol. The van der Waals surface area contributed by atoms with Crippen molar-refractivity contribution in [2.45, 2.75) is 13.1 Å². The molecule has 2 aromatic carbocycles. The number of halogens is 6. The number of aryl methyl sites for hydroxylation is 1. The molecule has 0 saturated heterocycles. The maximum atomic E-state index is 13.7. The molecule has 0 bridgehead atoms. The van der Waals surface area contributed by atoms with Crippen molar-refractivity contribution in [1.29, 1.82) is 0 Å². The number of benzene rings is 2. The van der Waals surface area contributed by atoms with Gasteiger partial charge in [-0.25, -0.2) is 9.18 Å². The van der Waals surface area contributed by atoms with Gasteiger partial charge in [0.2, 0.25) is 5.83 Å². The molecule has 2 aromatic rings. The summed E-state index contributed by atoms with van der Waals surface area (Å²) < 4.78 is 63.6. The fourth-order valence-corrected chi connectivity index (χ4v) is 2.43. The number of carbonyl (C=O) groups is 2. The first-order valence-electron chi connectivity index (χ1n) is 7.61. The van der Waals surface area contributed by atoms with E-state index in [1.165, 1.54) is 19.1 Å². The number of carbonyl (C=O) groups excluding carboxylic acids is 2. The number of rotatable bonds is 3. The predicted octanol–water partition coefficient (Wildman–Crippen LogP) is 5.78. The Kier molecular flexibility index (Phi) is 6.40. The fourth-order valence-electron chi connectivity index (χ4n) is 2.21. The standard InChI is InChI=1S/C18H12ClF5N2O2/c1-9-8-10(6-7-11(9)14(20)15(21)18(22,23)24)25-17(28)26-16(27)12-4-2-3-5-13(12)19/h2-8H,1H3,(H2,25,26,27,28)/b15-14+. The van der Waals surface area contributed by atoms with Gasteiger partial charge >= 0.3 is 12.2 Å². The third-order valence-electron chi connectivity index (χ3n) is 3.51. The number of anilines is 1. The highest BCUT2D eigenvalue weighted by atomic mass is 35.5. The molecule has 2 rings (SSSR count). The molecule has 28 heavy (non-hydrogen) atoms. The summed E-state index contributed by atoms with van der Waals surface area (Å²) >= 11 is 5.85. The first kappa shape index (κ1) is 21.4. The third-order valence-corrected chi connectivity index (χ3v) is 3.84. The average Bonchev–Trinajstić information content (AvgIpc) is 2.60. The number of allylic oxidation sites excluding steroid dienone is 1. The molecule has 0 aliphatic heterocycles. The molecule has 0 atom stereocenters. The predicted molar refractivity (Wildman–Crippen MR) is 94.3 cm³/mol. The van der Waals surface area contributed by atoms with Gasteiger partial charge in [-0.3, -0.25) is 10.1 Å². The molecule has 0 aromatic heterocycles.